The number of nitrogens with zero attached hydrogens (tertiary/aromatic N) is 3. The van der Waals surface area contributed by atoms with Crippen molar-refractivity contribution in [1.29, 1.82) is 0 Å². The molecule has 0 N–H and O–H groups in total. The number of carbonyl (C=O) groups excluding carboxylic acids is 2. The van der Waals surface area contributed by atoms with Crippen molar-refractivity contribution in [1.82, 2.24) is 14.8 Å². The van der Waals surface area contributed by atoms with Crippen molar-refractivity contribution >= 4 is 23.1 Å². The maximum atomic E-state index is 12.4. The third-order valence-electron chi connectivity index (χ3n) is 4.45. The molecule has 0 aliphatic rings. The van der Waals surface area contributed by atoms with Crippen molar-refractivity contribution in [3.63, 3.8) is 0 Å². The maximum absolute atomic E-state index is 12.4. The van der Waals surface area contributed by atoms with Crippen LogP contribution in [0.25, 0.3) is 10.6 Å². The number of ether oxygens (including phenoxy) is 3. The number of rotatable bonds is 7. The summed E-state index contributed by atoms with van der Waals surface area (Å²) in [4.78, 5) is 29.1. The van der Waals surface area contributed by atoms with Gasteiger partial charge in [0.1, 0.15) is 11.6 Å². The van der Waals surface area contributed by atoms with Crippen LogP contribution in [-0.4, -0.2) is 40.7 Å². The first-order valence-corrected chi connectivity index (χ1v) is 9.62. The number of ketones is 1. The molecule has 0 bridgehead atoms. The zero-order chi connectivity index (χ0) is 21.1. The van der Waals surface area contributed by atoms with E-state index in [9.17, 15) is 9.59 Å². The number of hydrogen-bond acceptors (Lipinski definition) is 8. The molecule has 3 aromatic rings. The number of esters is 1. The molecule has 0 aliphatic heterocycles. The first-order valence-electron chi connectivity index (χ1n) is 8.74. The van der Waals surface area contributed by atoms with Gasteiger partial charge in [0.05, 0.1) is 31.2 Å². The predicted molar refractivity (Wildman–Crippen MR) is 107 cm³/mol. The monoisotopic (exact) mass is 415 g/mol. The molecule has 2 heterocycles. The van der Waals surface area contributed by atoms with E-state index >= 15 is 0 Å². The van der Waals surface area contributed by atoms with E-state index in [1.165, 1.54) is 11.3 Å². The summed E-state index contributed by atoms with van der Waals surface area (Å²) in [5.74, 6) is -0.407. The highest BCUT2D eigenvalue weighted by Gasteiger charge is 2.25. The van der Waals surface area contributed by atoms with Crippen LogP contribution in [-0.2, 0) is 23.2 Å². The number of aryl methyl sites for hydroxylation is 2. The van der Waals surface area contributed by atoms with Crippen LogP contribution in [0.1, 0.15) is 27.4 Å². The third kappa shape index (κ3) is 4.14. The topological polar surface area (TPSA) is 92.5 Å². The third-order valence-corrected chi connectivity index (χ3v) is 5.40. The van der Waals surface area contributed by atoms with E-state index < -0.39 is 11.8 Å². The Balaban J connectivity index is 1.69. The number of Topliss-reactive ketones (excluding diaryl/α,β-unsaturated/α-hetero) is 1. The van der Waals surface area contributed by atoms with Gasteiger partial charge in [-0.2, -0.15) is 5.10 Å². The molecule has 8 nitrogen and oxygen atoms in total. The van der Waals surface area contributed by atoms with Crippen LogP contribution in [0.4, 0.5) is 0 Å². The molecule has 2 aromatic heterocycles. The van der Waals surface area contributed by atoms with E-state index in [2.05, 4.69) is 10.1 Å². The number of aromatic nitrogens is 3. The maximum Gasteiger partial charge on any atom is 0.380 e. The van der Waals surface area contributed by atoms with Gasteiger partial charge in [0.2, 0.25) is 0 Å². The van der Waals surface area contributed by atoms with Gasteiger partial charge in [0.15, 0.2) is 11.5 Å². The molecule has 0 aliphatic carbocycles. The zero-order valence-corrected chi connectivity index (χ0v) is 17.6. The lowest BCUT2D eigenvalue weighted by Gasteiger charge is -2.08. The Morgan fingerprint density at radius 3 is 2.48 bits per heavy atom. The number of carbonyl (C=O) groups is 2. The number of methoxy groups -OCH3 is 2. The fraction of sp³-hybridized carbons (Fsp3) is 0.300. The first kappa shape index (κ1) is 20.5. The summed E-state index contributed by atoms with van der Waals surface area (Å²) in [6.07, 6.45) is 0. The average molecular weight is 415 g/mol. The lowest BCUT2D eigenvalue weighted by atomic mass is 10.1. The predicted octanol–water partition coefficient (Wildman–Crippen LogP) is 3.10. The van der Waals surface area contributed by atoms with Gasteiger partial charge in [0.25, 0.3) is 5.78 Å². The molecule has 1 aromatic carbocycles. The highest BCUT2D eigenvalue weighted by molar-refractivity contribution is 7.13. The minimum absolute atomic E-state index is 0.0906. The molecule has 0 saturated carbocycles. The van der Waals surface area contributed by atoms with Crippen LogP contribution < -0.4 is 9.47 Å². The molecule has 0 spiro atoms. The van der Waals surface area contributed by atoms with Crippen LogP contribution in [0.5, 0.6) is 11.5 Å². The smallest absolute Gasteiger partial charge is 0.380 e. The molecule has 0 radical (unpaired) electrons. The molecule has 0 atom stereocenters. The molecule has 152 valence electrons. The average Bonchev–Trinajstić information content (AvgIpc) is 3.29. The van der Waals surface area contributed by atoms with Gasteiger partial charge in [-0.1, -0.05) is 0 Å². The normalized spacial score (nSPS) is 10.7. The van der Waals surface area contributed by atoms with Gasteiger partial charge < -0.3 is 14.2 Å². The van der Waals surface area contributed by atoms with Crippen LogP contribution in [0.3, 0.4) is 0 Å². The van der Waals surface area contributed by atoms with E-state index in [4.69, 9.17) is 14.2 Å². The Kier molecular flexibility index (Phi) is 5.97. The molecule has 0 amide bonds. The Bertz CT molecular complexity index is 1070. The zero-order valence-electron chi connectivity index (χ0n) is 16.8. The van der Waals surface area contributed by atoms with E-state index in [0.29, 0.717) is 28.6 Å². The van der Waals surface area contributed by atoms with E-state index in [1.54, 1.807) is 51.2 Å². The van der Waals surface area contributed by atoms with Crippen molar-refractivity contribution in [2.45, 2.75) is 20.5 Å². The molecule has 0 fully saturated rings. The largest absolute Gasteiger partial charge is 0.493 e. The highest BCUT2D eigenvalue weighted by atomic mass is 32.1. The van der Waals surface area contributed by atoms with Crippen LogP contribution in [0, 0.1) is 13.8 Å². The van der Waals surface area contributed by atoms with Gasteiger partial charge in [-0.3, -0.25) is 9.48 Å². The van der Waals surface area contributed by atoms with Crippen LogP contribution in [0.15, 0.2) is 23.6 Å². The summed E-state index contributed by atoms with van der Waals surface area (Å²) in [6, 6.07) is 5.49. The number of thiazole rings is 1. The highest BCUT2D eigenvalue weighted by Crippen LogP contribution is 2.33. The van der Waals surface area contributed by atoms with E-state index in [1.807, 2.05) is 12.1 Å². The lowest BCUT2D eigenvalue weighted by Crippen LogP contribution is -2.19. The van der Waals surface area contributed by atoms with Gasteiger partial charge in [-0.15, -0.1) is 11.3 Å². The molecule has 0 unspecified atom stereocenters. The summed E-state index contributed by atoms with van der Waals surface area (Å²) in [5.41, 5.74) is 2.80. The number of benzene rings is 1. The first-order chi connectivity index (χ1) is 13.8. The Morgan fingerprint density at radius 1 is 1.14 bits per heavy atom. The van der Waals surface area contributed by atoms with Gasteiger partial charge in [0, 0.05) is 23.7 Å². The fourth-order valence-electron chi connectivity index (χ4n) is 2.88. The molecular formula is C20H21N3O5S. The summed E-state index contributed by atoms with van der Waals surface area (Å²) >= 11 is 1.40. The summed E-state index contributed by atoms with van der Waals surface area (Å²) in [6.45, 7) is 3.33. The molecule has 29 heavy (non-hydrogen) atoms. The van der Waals surface area contributed by atoms with Crippen molar-refractivity contribution in [3.05, 3.63) is 46.2 Å². The molecule has 3 rings (SSSR count). The number of hydrogen-bond donors (Lipinski definition) is 0. The SMILES string of the molecule is COc1ccc(-c2nc(COC(=O)C(=O)c3c(C)nn(C)c3C)cs2)cc1OC. The summed E-state index contributed by atoms with van der Waals surface area (Å²) in [7, 11) is 4.86. The van der Waals surface area contributed by atoms with Crippen molar-refractivity contribution < 1.29 is 23.8 Å². The molecular weight excluding hydrogens is 394 g/mol. The van der Waals surface area contributed by atoms with Gasteiger partial charge >= 0.3 is 5.97 Å². The van der Waals surface area contributed by atoms with Crippen LogP contribution in [0.2, 0.25) is 0 Å². The van der Waals surface area contributed by atoms with E-state index in [0.717, 1.165) is 10.6 Å². The second-order valence-electron chi connectivity index (χ2n) is 6.29. The van der Waals surface area contributed by atoms with Crippen LogP contribution >= 0.6 is 11.3 Å². The standard InChI is InChI=1S/C20H21N3O5S/c1-11-17(12(2)23(3)22-11)18(24)20(25)28-9-14-10-29-19(21-14)13-6-7-15(26-4)16(8-13)27-5/h6-8,10H,9H2,1-5H3. The fourth-order valence-corrected chi connectivity index (χ4v) is 3.69. The Hall–Kier alpha value is -3.20. The molecule has 0 saturated heterocycles. The van der Waals surface area contributed by atoms with Crippen molar-refractivity contribution in [3.8, 4) is 22.1 Å². The Morgan fingerprint density at radius 2 is 1.86 bits per heavy atom. The minimum atomic E-state index is -0.926. The second-order valence-corrected chi connectivity index (χ2v) is 7.15. The molecule has 9 heteroatoms. The quantitative estimate of drug-likeness (QED) is 0.333. The van der Waals surface area contributed by atoms with E-state index in [-0.39, 0.29) is 12.2 Å². The Labute approximate surface area is 172 Å². The lowest BCUT2D eigenvalue weighted by molar-refractivity contribution is -0.139. The minimum Gasteiger partial charge on any atom is -0.493 e. The second kappa shape index (κ2) is 8.44. The van der Waals surface area contributed by atoms with Crippen molar-refractivity contribution in [2.24, 2.45) is 7.05 Å². The van der Waals surface area contributed by atoms with Crippen molar-refractivity contribution in [2.75, 3.05) is 14.2 Å². The summed E-state index contributed by atoms with van der Waals surface area (Å²) < 4.78 is 17.3. The van der Waals surface area contributed by atoms with Gasteiger partial charge in [-0.25, -0.2) is 9.78 Å². The summed E-state index contributed by atoms with van der Waals surface area (Å²) in [5, 5.41) is 6.67. The van der Waals surface area contributed by atoms with Gasteiger partial charge in [-0.05, 0) is 32.0 Å².